The Kier molecular flexibility index (Phi) is 3.49. The lowest BCUT2D eigenvalue weighted by Crippen LogP contribution is -2.42. The highest BCUT2D eigenvalue weighted by molar-refractivity contribution is 5.33. The van der Waals surface area contributed by atoms with Crippen molar-refractivity contribution in [3.8, 4) is 0 Å². The average Bonchev–Trinajstić information content (AvgIpc) is 2.65. The first kappa shape index (κ1) is 11.5. The maximum absolute atomic E-state index is 4.35. The molecule has 16 heavy (non-hydrogen) atoms. The quantitative estimate of drug-likeness (QED) is 0.845. The van der Waals surface area contributed by atoms with Gasteiger partial charge in [0.15, 0.2) is 0 Å². The van der Waals surface area contributed by atoms with E-state index in [0.29, 0.717) is 12.1 Å². The average molecular weight is 222 g/mol. The Bertz CT molecular complexity index is 324. The number of hydrogen-bond donors (Lipinski definition) is 1. The summed E-state index contributed by atoms with van der Waals surface area (Å²) in [5.74, 6) is 1.01. The number of aromatic nitrogens is 2. The third-order valence-corrected chi connectivity index (χ3v) is 3.33. The third kappa shape index (κ3) is 2.76. The molecule has 1 aromatic heterocycles. The summed E-state index contributed by atoms with van der Waals surface area (Å²) in [5, 5.41) is 7.85. The van der Waals surface area contributed by atoms with E-state index in [1.807, 2.05) is 24.0 Å². The molecule has 0 aromatic carbocycles. The number of likely N-dealkylation sites (tertiary alicyclic amines) is 1. The van der Waals surface area contributed by atoms with E-state index in [0.717, 1.165) is 5.82 Å². The molecule has 1 aliphatic rings. The lowest BCUT2D eigenvalue weighted by molar-refractivity contribution is 0.177. The molecular weight excluding hydrogens is 200 g/mol. The lowest BCUT2D eigenvalue weighted by atomic mass is 10.0. The van der Waals surface area contributed by atoms with Gasteiger partial charge in [-0.1, -0.05) is 0 Å². The molecule has 1 N–H and O–H groups in total. The van der Waals surface area contributed by atoms with E-state index >= 15 is 0 Å². The minimum atomic E-state index is 0.588. The summed E-state index contributed by atoms with van der Waals surface area (Å²) < 4.78 is 1.84. The van der Waals surface area contributed by atoms with E-state index in [-0.39, 0.29) is 0 Å². The van der Waals surface area contributed by atoms with Crippen LogP contribution < -0.4 is 5.32 Å². The zero-order valence-corrected chi connectivity index (χ0v) is 10.5. The Morgan fingerprint density at radius 3 is 2.56 bits per heavy atom. The van der Waals surface area contributed by atoms with Crippen molar-refractivity contribution in [1.29, 1.82) is 0 Å². The molecule has 0 bridgehead atoms. The van der Waals surface area contributed by atoms with Gasteiger partial charge in [0, 0.05) is 44.5 Å². The van der Waals surface area contributed by atoms with Crippen LogP contribution >= 0.6 is 0 Å². The van der Waals surface area contributed by atoms with Crippen LogP contribution in [-0.2, 0) is 7.05 Å². The van der Waals surface area contributed by atoms with E-state index in [4.69, 9.17) is 0 Å². The molecular formula is C12H22N4. The second-order valence-electron chi connectivity index (χ2n) is 4.92. The van der Waals surface area contributed by atoms with Crippen molar-refractivity contribution >= 4 is 5.82 Å². The molecule has 90 valence electrons. The van der Waals surface area contributed by atoms with Crippen molar-refractivity contribution in [2.45, 2.75) is 38.8 Å². The molecule has 2 rings (SSSR count). The molecule has 0 atom stereocenters. The van der Waals surface area contributed by atoms with Crippen molar-refractivity contribution in [2.75, 3.05) is 18.4 Å². The zero-order valence-electron chi connectivity index (χ0n) is 10.5. The molecule has 0 amide bonds. The maximum atomic E-state index is 4.35. The van der Waals surface area contributed by atoms with Gasteiger partial charge in [-0.25, -0.2) is 0 Å². The fourth-order valence-corrected chi connectivity index (χ4v) is 2.26. The van der Waals surface area contributed by atoms with Crippen molar-refractivity contribution in [1.82, 2.24) is 14.7 Å². The van der Waals surface area contributed by atoms with Crippen molar-refractivity contribution < 1.29 is 0 Å². The second-order valence-corrected chi connectivity index (χ2v) is 4.92. The molecule has 1 aromatic rings. The van der Waals surface area contributed by atoms with Gasteiger partial charge in [0.2, 0.25) is 0 Å². The minimum absolute atomic E-state index is 0.588. The standard InChI is InChI=1S/C12H22N4/c1-10(2)16-8-4-11(5-9-16)13-12-6-7-15(3)14-12/h6-7,10-11H,4-5,8-9H2,1-3H3,(H,13,14). The first-order valence-corrected chi connectivity index (χ1v) is 6.15. The first-order valence-electron chi connectivity index (χ1n) is 6.15. The van der Waals surface area contributed by atoms with Crippen molar-refractivity contribution in [2.24, 2.45) is 7.05 Å². The number of anilines is 1. The van der Waals surface area contributed by atoms with E-state index in [1.54, 1.807) is 0 Å². The molecule has 4 heteroatoms. The minimum Gasteiger partial charge on any atom is -0.366 e. The zero-order chi connectivity index (χ0) is 11.5. The largest absolute Gasteiger partial charge is 0.366 e. The van der Waals surface area contributed by atoms with E-state index in [1.165, 1.54) is 25.9 Å². The molecule has 0 aliphatic carbocycles. The number of nitrogens with one attached hydrogen (secondary N) is 1. The van der Waals surface area contributed by atoms with Crippen LogP contribution in [-0.4, -0.2) is 39.9 Å². The van der Waals surface area contributed by atoms with E-state index < -0.39 is 0 Å². The molecule has 1 fully saturated rings. The van der Waals surface area contributed by atoms with Gasteiger partial charge in [0.1, 0.15) is 5.82 Å². The normalized spacial score (nSPS) is 19.2. The predicted octanol–water partition coefficient (Wildman–Crippen LogP) is 1.70. The molecule has 0 spiro atoms. The second kappa shape index (κ2) is 4.87. The summed E-state index contributed by atoms with van der Waals surface area (Å²) in [7, 11) is 1.95. The number of piperidine rings is 1. The highest BCUT2D eigenvalue weighted by Gasteiger charge is 2.20. The highest BCUT2D eigenvalue weighted by atomic mass is 15.3. The number of rotatable bonds is 3. The highest BCUT2D eigenvalue weighted by Crippen LogP contribution is 2.16. The Hall–Kier alpha value is -1.03. The number of nitrogens with zero attached hydrogens (tertiary/aromatic N) is 3. The van der Waals surface area contributed by atoms with Crippen molar-refractivity contribution in [3.05, 3.63) is 12.3 Å². The van der Waals surface area contributed by atoms with Crippen LogP contribution in [0.1, 0.15) is 26.7 Å². The van der Waals surface area contributed by atoms with Gasteiger partial charge < -0.3 is 10.2 Å². The van der Waals surface area contributed by atoms with Gasteiger partial charge in [-0.3, -0.25) is 4.68 Å². The molecule has 1 saturated heterocycles. The van der Waals surface area contributed by atoms with E-state index in [2.05, 4.69) is 29.2 Å². The first-order chi connectivity index (χ1) is 7.65. The summed E-state index contributed by atoms with van der Waals surface area (Å²) >= 11 is 0. The Balaban J connectivity index is 1.81. The Morgan fingerprint density at radius 1 is 1.38 bits per heavy atom. The monoisotopic (exact) mass is 222 g/mol. The summed E-state index contributed by atoms with van der Waals surface area (Å²) in [6, 6.07) is 3.30. The smallest absolute Gasteiger partial charge is 0.148 e. The molecule has 0 unspecified atom stereocenters. The number of hydrogen-bond acceptors (Lipinski definition) is 3. The third-order valence-electron chi connectivity index (χ3n) is 3.33. The van der Waals surface area contributed by atoms with Crippen LogP contribution in [0.3, 0.4) is 0 Å². The fourth-order valence-electron chi connectivity index (χ4n) is 2.26. The predicted molar refractivity (Wildman–Crippen MR) is 66.6 cm³/mol. The van der Waals surface area contributed by atoms with Crippen LogP contribution in [0.25, 0.3) is 0 Å². The summed E-state index contributed by atoms with van der Waals surface area (Å²) in [6.07, 6.45) is 4.41. The van der Waals surface area contributed by atoms with Crippen LogP contribution in [0.15, 0.2) is 12.3 Å². The van der Waals surface area contributed by atoms with Crippen LogP contribution in [0.5, 0.6) is 0 Å². The van der Waals surface area contributed by atoms with E-state index in [9.17, 15) is 0 Å². The SMILES string of the molecule is CC(C)N1CCC(Nc2ccn(C)n2)CC1. The van der Waals surface area contributed by atoms with Gasteiger partial charge in [-0.2, -0.15) is 5.10 Å². The van der Waals surface area contributed by atoms with Gasteiger partial charge in [0.25, 0.3) is 0 Å². The maximum Gasteiger partial charge on any atom is 0.148 e. The number of aryl methyl sites for hydroxylation is 1. The van der Waals surface area contributed by atoms with Crippen LogP contribution in [0.2, 0.25) is 0 Å². The fraction of sp³-hybridized carbons (Fsp3) is 0.750. The van der Waals surface area contributed by atoms with Gasteiger partial charge in [0.05, 0.1) is 0 Å². The Morgan fingerprint density at radius 2 is 2.06 bits per heavy atom. The molecule has 4 nitrogen and oxygen atoms in total. The van der Waals surface area contributed by atoms with Gasteiger partial charge in [-0.15, -0.1) is 0 Å². The molecule has 1 aliphatic heterocycles. The van der Waals surface area contributed by atoms with Gasteiger partial charge in [-0.05, 0) is 26.7 Å². The molecule has 0 saturated carbocycles. The summed E-state index contributed by atoms with van der Waals surface area (Å²) in [5.41, 5.74) is 0. The summed E-state index contributed by atoms with van der Waals surface area (Å²) in [6.45, 7) is 6.93. The van der Waals surface area contributed by atoms with Crippen molar-refractivity contribution in [3.63, 3.8) is 0 Å². The Labute approximate surface area is 97.6 Å². The summed E-state index contributed by atoms with van der Waals surface area (Å²) in [4.78, 5) is 2.54. The molecule has 2 heterocycles. The molecule has 0 radical (unpaired) electrons. The topological polar surface area (TPSA) is 33.1 Å². The van der Waals surface area contributed by atoms with Crippen LogP contribution in [0, 0.1) is 0 Å². The van der Waals surface area contributed by atoms with Crippen LogP contribution in [0.4, 0.5) is 5.82 Å². The lowest BCUT2D eigenvalue weighted by Gasteiger charge is -2.34. The van der Waals surface area contributed by atoms with Gasteiger partial charge >= 0.3 is 0 Å².